The van der Waals surface area contributed by atoms with E-state index in [-0.39, 0.29) is 0 Å². The van der Waals surface area contributed by atoms with Crippen LogP contribution in [0.1, 0.15) is 25.7 Å². The summed E-state index contributed by atoms with van der Waals surface area (Å²) in [7, 11) is 1.85. The Balaban J connectivity index is 2.01. The molecule has 0 aliphatic heterocycles. The van der Waals surface area contributed by atoms with Crippen LogP contribution in [-0.4, -0.2) is 13.2 Å². The smallest absolute Gasteiger partial charge is 0.0602 e. The summed E-state index contributed by atoms with van der Waals surface area (Å²) in [5.74, 6) is 1.96. The van der Waals surface area contributed by atoms with Gasteiger partial charge in [-0.3, -0.25) is 0 Å². The molecule has 2 rings (SSSR count). The van der Waals surface area contributed by atoms with E-state index < -0.39 is 0 Å². The van der Waals surface area contributed by atoms with E-state index in [1.54, 1.807) is 0 Å². The summed E-state index contributed by atoms with van der Waals surface area (Å²) in [6.07, 6.45) is 6.34. The Kier molecular flexibility index (Phi) is 1.26. The topological polar surface area (TPSA) is 9.23 Å². The van der Waals surface area contributed by atoms with Crippen LogP contribution in [0.4, 0.5) is 0 Å². The van der Waals surface area contributed by atoms with Crippen molar-refractivity contribution in [3.63, 3.8) is 0 Å². The fourth-order valence-corrected chi connectivity index (χ4v) is 2.48. The highest BCUT2D eigenvalue weighted by Crippen LogP contribution is 2.45. The molecule has 0 N–H and O–H groups in total. The molecule has 2 aliphatic rings. The van der Waals surface area contributed by atoms with Crippen molar-refractivity contribution in [1.82, 2.24) is 0 Å². The maximum absolute atomic E-state index is 5.35. The molecule has 0 saturated heterocycles. The van der Waals surface area contributed by atoms with Gasteiger partial charge in [-0.25, -0.2) is 0 Å². The van der Waals surface area contributed by atoms with Crippen molar-refractivity contribution in [3.05, 3.63) is 0 Å². The summed E-state index contributed by atoms with van der Waals surface area (Å²) >= 11 is 0. The fourth-order valence-electron chi connectivity index (χ4n) is 2.48. The van der Waals surface area contributed by atoms with Crippen LogP contribution in [-0.2, 0) is 4.74 Å². The van der Waals surface area contributed by atoms with Gasteiger partial charge in [-0.2, -0.15) is 0 Å². The largest absolute Gasteiger partial charge is 0.381 e. The highest BCUT2D eigenvalue weighted by atomic mass is 16.5. The number of hydrogen-bond acceptors (Lipinski definition) is 1. The van der Waals surface area contributed by atoms with Crippen molar-refractivity contribution in [3.8, 4) is 0 Å². The molecule has 3 atom stereocenters. The van der Waals surface area contributed by atoms with Crippen molar-refractivity contribution >= 4 is 0 Å². The summed E-state index contributed by atoms with van der Waals surface area (Å²) in [5.41, 5.74) is 0. The Morgan fingerprint density at radius 3 is 2.44 bits per heavy atom. The fraction of sp³-hybridized carbons (Fsp3) is 1.00. The second-order valence-electron chi connectivity index (χ2n) is 3.45. The third-order valence-electron chi connectivity index (χ3n) is 2.98. The summed E-state index contributed by atoms with van der Waals surface area (Å²) in [5, 5.41) is 0. The summed E-state index contributed by atoms with van der Waals surface area (Å²) in [6, 6.07) is 0. The van der Waals surface area contributed by atoms with Crippen LogP contribution in [0, 0.1) is 11.8 Å². The van der Waals surface area contributed by atoms with Gasteiger partial charge in [0.2, 0.25) is 0 Å². The first-order chi connectivity index (χ1) is 4.40. The Labute approximate surface area is 56.4 Å². The molecule has 1 heteroatoms. The zero-order valence-electron chi connectivity index (χ0n) is 5.97. The first-order valence-electron chi connectivity index (χ1n) is 3.93. The molecule has 2 unspecified atom stereocenters. The number of fused-ring (bicyclic) bond motifs is 2. The number of ether oxygens (including phenoxy) is 1. The van der Waals surface area contributed by atoms with E-state index in [0.29, 0.717) is 6.10 Å². The lowest BCUT2D eigenvalue weighted by Crippen LogP contribution is -2.18. The van der Waals surface area contributed by atoms with Crippen LogP contribution < -0.4 is 0 Å². The van der Waals surface area contributed by atoms with Gasteiger partial charge in [0.25, 0.3) is 0 Å². The third kappa shape index (κ3) is 0.787. The minimum absolute atomic E-state index is 0.628. The minimum Gasteiger partial charge on any atom is -0.381 e. The molecule has 9 heavy (non-hydrogen) atoms. The third-order valence-corrected chi connectivity index (χ3v) is 2.98. The average Bonchev–Trinajstić information content (AvgIpc) is 2.45. The van der Waals surface area contributed by atoms with Gasteiger partial charge in [0.1, 0.15) is 0 Å². The molecule has 2 saturated carbocycles. The molecule has 0 amide bonds. The predicted molar refractivity (Wildman–Crippen MR) is 36.2 cm³/mol. The van der Waals surface area contributed by atoms with Gasteiger partial charge in [-0.1, -0.05) is 0 Å². The second kappa shape index (κ2) is 1.98. The van der Waals surface area contributed by atoms with Gasteiger partial charge in [-0.05, 0) is 37.5 Å². The van der Waals surface area contributed by atoms with Gasteiger partial charge in [0.05, 0.1) is 6.10 Å². The lowest BCUT2D eigenvalue weighted by Gasteiger charge is -2.19. The molecule has 2 aliphatic carbocycles. The maximum atomic E-state index is 5.35. The molecule has 2 bridgehead atoms. The van der Waals surface area contributed by atoms with Crippen LogP contribution in [0.15, 0.2) is 0 Å². The van der Waals surface area contributed by atoms with Crippen molar-refractivity contribution < 1.29 is 4.74 Å². The van der Waals surface area contributed by atoms with E-state index in [0.717, 1.165) is 11.8 Å². The van der Waals surface area contributed by atoms with E-state index >= 15 is 0 Å². The van der Waals surface area contributed by atoms with E-state index in [1.807, 2.05) is 7.11 Å². The van der Waals surface area contributed by atoms with Crippen LogP contribution >= 0.6 is 0 Å². The van der Waals surface area contributed by atoms with E-state index in [9.17, 15) is 0 Å². The highest BCUT2D eigenvalue weighted by Gasteiger charge is 2.39. The SMILES string of the molecule is COC1CC2CC[C@H]1C2. The molecule has 0 spiro atoms. The van der Waals surface area contributed by atoms with Crippen LogP contribution in [0.2, 0.25) is 0 Å². The van der Waals surface area contributed by atoms with Crippen LogP contribution in [0.25, 0.3) is 0 Å². The van der Waals surface area contributed by atoms with Gasteiger partial charge >= 0.3 is 0 Å². The Hall–Kier alpha value is -0.0400. The number of methoxy groups -OCH3 is 1. The quantitative estimate of drug-likeness (QED) is 0.520. The maximum Gasteiger partial charge on any atom is 0.0602 e. The minimum atomic E-state index is 0.628. The summed E-state index contributed by atoms with van der Waals surface area (Å²) in [4.78, 5) is 0. The molecule has 0 aromatic rings. The van der Waals surface area contributed by atoms with Crippen LogP contribution in [0.5, 0.6) is 0 Å². The first-order valence-corrected chi connectivity index (χ1v) is 3.93. The molecular formula is C8H14O. The first kappa shape index (κ1) is 5.72. The van der Waals surface area contributed by atoms with Gasteiger partial charge < -0.3 is 4.74 Å². The molecule has 1 nitrogen and oxygen atoms in total. The van der Waals surface area contributed by atoms with Crippen molar-refractivity contribution in [2.45, 2.75) is 31.8 Å². The lowest BCUT2D eigenvalue weighted by atomic mass is 9.98. The molecule has 0 radical (unpaired) electrons. The zero-order valence-corrected chi connectivity index (χ0v) is 5.97. The number of rotatable bonds is 1. The highest BCUT2D eigenvalue weighted by molar-refractivity contribution is 4.90. The molecular weight excluding hydrogens is 112 g/mol. The number of hydrogen-bond donors (Lipinski definition) is 0. The average molecular weight is 126 g/mol. The Bertz CT molecular complexity index is 111. The standard InChI is InChI=1S/C8H14O/c1-9-8-5-6-2-3-7(8)4-6/h6-8H,2-5H2,1H3/t6?,7-,8?/m0/s1. The monoisotopic (exact) mass is 126 g/mol. The lowest BCUT2D eigenvalue weighted by molar-refractivity contribution is 0.0572. The second-order valence-corrected chi connectivity index (χ2v) is 3.45. The predicted octanol–water partition coefficient (Wildman–Crippen LogP) is 1.82. The Morgan fingerprint density at radius 1 is 1.22 bits per heavy atom. The normalized spacial score (nSPS) is 48.3. The molecule has 2 fully saturated rings. The zero-order chi connectivity index (χ0) is 6.27. The van der Waals surface area contributed by atoms with Crippen molar-refractivity contribution in [2.75, 3.05) is 7.11 Å². The van der Waals surface area contributed by atoms with E-state index in [2.05, 4.69) is 0 Å². The van der Waals surface area contributed by atoms with Gasteiger partial charge in [0, 0.05) is 7.11 Å². The van der Waals surface area contributed by atoms with E-state index in [1.165, 1.54) is 25.7 Å². The van der Waals surface area contributed by atoms with Crippen LogP contribution in [0.3, 0.4) is 0 Å². The van der Waals surface area contributed by atoms with Crippen molar-refractivity contribution in [1.29, 1.82) is 0 Å². The molecule has 0 heterocycles. The summed E-state index contributed by atoms with van der Waals surface area (Å²) in [6.45, 7) is 0. The molecule has 0 aromatic heterocycles. The molecule has 52 valence electrons. The Morgan fingerprint density at radius 2 is 2.11 bits per heavy atom. The summed E-state index contributed by atoms with van der Waals surface area (Å²) < 4.78 is 5.35. The van der Waals surface area contributed by atoms with Gasteiger partial charge in [-0.15, -0.1) is 0 Å². The van der Waals surface area contributed by atoms with Crippen molar-refractivity contribution in [2.24, 2.45) is 11.8 Å². The van der Waals surface area contributed by atoms with Gasteiger partial charge in [0.15, 0.2) is 0 Å². The molecule has 0 aromatic carbocycles. The van der Waals surface area contributed by atoms with E-state index in [4.69, 9.17) is 4.74 Å².